The summed E-state index contributed by atoms with van der Waals surface area (Å²) in [6.45, 7) is 0.750. The zero-order valence-corrected chi connectivity index (χ0v) is 10.7. The lowest BCUT2D eigenvalue weighted by molar-refractivity contribution is 0.417. The molecule has 4 N–H and O–H groups in total. The van der Waals surface area contributed by atoms with Gasteiger partial charge in [0.15, 0.2) is 0 Å². The van der Waals surface area contributed by atoms with E-state index in [4.69, 9.17) is 10.5 Å². The Morgan fingerprint density at radius 2 is 2.06 bits per heavy atom. The van der Waals surface area contributed by atoms with Crippen LogP contribution in [0.1, 0.15) is 0 Å². The Bertz CT molecular complexity index is 474. The quantitative estimate of drug-likeness (QED) is 0.502. The molecule has 96 valence electrons. The summed E-state index contributed by atoms with van der Waals surface area (Å²) in [5.74, 6) is 0.589. The minimum atomic E-state index is -3.15. The van der Waals surface area contributed by atoms with Crippen LogP contribution in [0.25, 0.3) is 0 Å². The maximum Gasteiger partial charge on any atom is 0.208 e. The van der Waals surface area contributed by atoms with E-state index >= 15 is 0 Å². The van der Waals surface area contributed by atoms with Crippen molar-refractivity contribution in [3.05, 3.63) is 18.2 Å². The van der Waals surface area contributed by atoms with Crippen LogP contribution in [0.2, 0.25) is 0 Å². The van der Waals surface area contributed by atoms with Crippen molar-refractivity contribution in [2.75, 3.05) is 37.5 Å². The first-order valence-electron chi connectivity index (χ1n) is 5.05. The molecular weight excluding hydrogens is 242 g/mol. The van der Waals surface area contributed by atoms with Crippen LogP contribution in [-0.4, -0.2) is 34.9 Å². The first kappa shape index (κ1) is 13.6. The van der Waals surface area contributed by atoms with Crippen LogP contribution in [0.3, 0.4) is 0 Å². The number of ether oxygens (including phenoxy) is 1. The van der Waals surface area contributed by atoms with E-state index in [1.165, 1.54) is 0 Å². The van der Waals surface area contributed by atoms with Gasteiger partial charge in [-0.1, -0.05) is 6.07 Å². The van der Waals surface area contributed by atoms with Crippen molar-refractivity contribution in [3.8, 4) is 5.75 Å². The summed E-state index contributed by atoms with van der Waals surface area (Å²) >= 11 is 0. The molecule has 0 fully saturated rings. The van der Waals surface area contributed by atoms with E-state index in [1.54, 1.807) is 19.2 Å². The zero-order chi connectivity index (χ0) is 12.9. The predicted octanol–water partition coefficient (Wildman–Crippen LogP) is 0.239. The molecule has 7 heteroatoms. The number of nitrogens with one attached hydrogen (secondary N) is 2. The summed E-state index contributed by atoms with van der Waals surface area (Å²) in [4.78, 5) is 0. The van der Waals surface area contributed by atoms with Gasteiger partial charge < -0.3 is 15.8 Å². The molecule has 0 aromatic heterocycles. The molecule has 0 bridgehead atoms. The van der Waals surface area contributed by atoms with Crippen LogP contribution in [0, 0.1) is 0 Å². The van der Waals surface area contributed by atoms with E-state index in [0.717, 1.165) is 11.9 Å². The number of rotatable bonds is 6. The summed E-state index contributed by atoms with van der Waals surface area (Å²) in [5, 5.41) is 3.03. The number of methoxy groups -OCH3 is 1. The Morgan fingerprint density at radius 1 is 1.35 bits per heavy atom. The first-order chi connectivity index (χ1) is 7.94. The van der Waals surface area contributed by atoms with Crippen molar-refractivity contribution in [1.29, 1.82) is 0 Å². The highest BCUT2D eigenvalue weighted by molar-refractivity contribution is 7.88. The fraction of sp³-hybridized carbons (Fsp3) is 0.400. The molecule has 6 nitrogen and oxygen atoms in total. The highest BCUT2D eigenvalue weighted by Gasteiger charge is 2.04. The highest BCUT2D eigenvalue weighted by Crippen LogP contribution is 2.28. The maximum atomic E-state index is 10.8. The van der Waals surface area contributed by atoms with E-state index < -0.39 is 10.0 Å². The standard InChI is InChI=1S/C10H17N3O3S/c1-16-9-5-3-4-8(10(9)11)12-6-7-13-17(2,14)15/h3-5,12-13H,6-7,11H2,1-2H3. The third-order valence-corrected chi connectivity index (χ3v) is 2.82. The van der Waals surface area contributed by atoms with Crippen molar-refractivity contribution >= 4 is 21.4 Å². The smallest absolute Gasteiger partial charge is 0.208 e. The molecule has 0 amide bonds. The summed E-state index contributed by atoms with van der Waals surface area (Å²) in [7, 11) is -1.61. The Morgan fingerprint density at radius 3 is 2.65 bits per heavy atom. The molecule has 0 unspecified atom stereocenters. The normalized spacial score (nSPS) is 11.2. The molecule has 0 aliphatic carbocycles. The summed E-state index contributed by atoms with van der Waals surface area (Å²) < 4.78 is 29.1. The molecule has 0 saturated carbocycles. The van der Waals surface area contributed by atoms with Crippen LogP contribution in [-0.2, 0) is 10.0 Å². The van der Waals surface area contributed by atoms with Crippen molar-refractivity contribution in [2.24, 2.45) is 0 Å². The molecule has 0 radical (unpaired) electrons. The van der Waals surface area contributed by atoms with Crippen LogP contribution in [0.4, 0.5) is 11.4 Å². The predicted molar refractivity (Wildman–Crippen MR) is 68.7 cm³/mol. The minimum absolute atomic E-state index is 0.301. The van der Waals surface area contributed by atoms with E-state index in [0.29, 0.717) is 24.5 Å². The molecule has 0 heterocycles. The molecular formula is C10H17N3O3S. The monoisotopic (exact) mass is 259 g/mol. The maximum absolute atomic E-state index is 10.8. The molecule has 0 aliphatic heterocycles. The summed E-state index contributed by atoms with van der Waals surface area (Å²) in [5.41, 5.74) is 7.07. The largest absolute Gasteiger partial charge is 0.495 e. The molecule has 0 aliphatic rings. The Hall–Kier alpha value is -1.47. The second-order valence-corrected chi connectivity index (χ2v) is 5.35. The molecule has 0 atom stereocenters. The molecule has 1 rings (SSSR count). The third-order valence-electron chi connectivity index (χ3n) is 2.09. The molecule has 1 aromatic carbocycles. The minimum Gasteiger partial charge on any atom is -0.495 e. The van der Waals surface area contributed by atoms with E-state index in [-0.39, 0.29) is 0 Å². The molecule has 17 heavy (non-hydrogen) atoms. The van der Waals surface area contributed by atoms with Gasteiger partial charge in [-0.25, -0.2) is 13.1 Å². The van der Waals surface area contributed by atoms with Gasteiger partial charge in [0.05, 0.1) is 24.7 Å². The van der Waals surface area contributed by atoms with Crippen molar-refractivity contribution < 1.29 is 13.2 Å². The van der Waals surface area contributed by atoms with E-state index in [1.807, 2.05) is 6.07 Å². The topological polar surface area (TPSA) is 93.5 Å². The summed E-state index contributed by atoms with van der Waals surface area (Å²) in [6.07, 6.45) is 1.12. The van der Waals surface area contributed by atoms with Crippen molar-refractivity contribution in [1.82, 2.24) is 4.72 Å². The van der Waals surface area contributed by atoms with Gasteiger partial charge in [0.25, 0.3) is 0 Å². The lowest BCUT2D eigenvalue weighted by atomic mass is 10.2. The molecule has 1 aromatic rings. The average Bonchev–Trinajstić information content (AvgIpc) is 2.25. The first-order valence-corrected chi connectivity index (χ1v) is 6.94. The number of benzene rings is 1. The van der Waals surface area contributed by atoms with Gasteiger partial charge in [-0.15, -0.1) is 0 Å². The van der Waals surface area contributed by atoms with Crippen molar-refractivity contribution in [2.45, 2.75) is 0 Å². The second-order valence-electron chi connectivity index (χ2n) is 3.51. The molecule has 0 spiro atoms. The number of hydrogen-bond donors (Lipinski definition) is 3. The number of para-hydroxylation sites is 1. The van der Waals surface area contributed by atoms with Crippen LogP contribution < -0.4 is 20.5 Å². The van der Waals surface area contributed by atoms with Crippen molar-refractivity contribution in [3.63, 3.8) is 0 Å². The van der Waals surface area contributed by atoms with Gasteiger partial charge in [0.1, 0.15) is 5.75 Å². The second kappa shape index (κ2) is 5.74. The fourth-order valence-electron chi connectivity index (χ4n) is 1.31. The number of sulfonamides is 1. The van der Waals surface area contributed by atoms with Gasteiger partial charge in [-0.3, -0.25) is 0 Å². The van der Waals surface area contributed by atoms with Gasteiger partial charge in [-0.2, -0.15) is 0 Å². The van der Waals surface area contributed by atoms with Gasteiger partial charge in [-0.05, 0) is 12.1 Å². The lowest BCUT2D eigenvalue weighted by Gasteiger charge is -2.12. The van der Waals surface area contributed by atoms with Crippen LogP contribution >= 0.6 is 0 Å². The zero-order valence-electron chi connectivity index (χ0n) is 9.86. The number of nitrogens with two attached hydrogens (primary N) is 1. The fourth-order valence-corrected chi connectivity index (χ4v) is 1.78. The number of nitrogen functional groups attached to an aromatic ring is 1. The number of hydrogen-bond acceptors (Lipinski definition) is 5. The van der Waals surface area contributed by atoms with Crippen LogP contribution in [0.15, 0.2) is 18.2 Å². The average molecular weight is 259 g/mol. The third kappa shape index (κ3) is 4.49. The molecule has 0 saturated heterocycles. The lowest BCUT2D eigenvalue weighted by Crippen LogP contribution is -2.27. The SMILES string of the molecule is COc1cccc(NCCNS(C)(=O)=O)c1N. The Kier molecular flexibility index (Phi) is 4.59. The number of anilines is 2. The van der Waals surface area contributed by atoms with Crippen LogP contribution in [0.5, 0.6) is 5.75 Å². The van der Waals surface area contributed by atoms with Gasteiger partial charge in [0.2, 0.25) is 10.0 Å². The highest BCUT2D eigenvalue weighted by atomic mass is 32.2. The van der Waals surface area contributed by atoms with Gasteiger partial charge >= 0.3 is 0 Å². The van der Waals surface area contributed by atoms with E-state index in [2.05, 4.69) is 10.0 Å². The summed E-state index contributed by atoms with van der Waals surface area (Å²) in [6, 6.07) is 5.37. The van der Waals surface area contributed by atoms with E-state index in [9.17, 15) is 8.42 Å². The Balaban J connectivity index is 2.52. The Labute approximate surface area is 101 Å². The van der Waals surface area contributed by atoms with Gasteiger partial charge in [0, 0.05) is 13.1 Å².